The molecule has 2 aliphatic heterocycles. The number of carbonyl (C=O) groups excluding carboxylic acids is 1. The molecule has 2 aromatic heterocycles. The van der Waals surface area contributed by atoms with E-state index < -0.39 is 0 Å². The van der Waals surface area contributed by atoms with Crippen LogP contribution in [0.4, 0.5) is 11.5 Å². The minimum Gasteiger partial charge on any atom is -0.369 e. The number of piperidine rings is 1. The van der Waals surface area contributed by atoms with Crippen molar-refractivity contribution in [2.45, 2.75) is 44.2 Å². The van der Waals surface area contributed by atoms with E-state index in [9.17, 15) is 4.79 Å². The Bertz CT molecular complexity index is 764. The number of fused-ring (bicyclic) bond motifs is 2. The van der Waals surface area contributed by atoms with Crippen molar-refractivity contribution >= 4 is 17.4 Å². The smallest absolute Gasteiger partial charge is 0.231 e. The van der Waals surface area contributed by atoms with Gasteiger partial charge in [-0.1, -0.05) is 12.5 Å². The fraction of sp³-hybridized carbons (Fsp3) is 0.476. The molecule has 1 N–H and O–H groups in total. The number of pyridine rings is 2. The lowest BCUT2D eigenvalue weighted by atomic mass is 9.96. The van der Waals surface area contributed by atoms with E-state index in [-0.39, 0.29) is 12.3 Å². The summed E-state index contributed by atoms with van der Waals surface area (Å²) >= 11 is 0. The zero-order valence-electron chi connectivity index (χ0n) is 15.8. The topological polar surface area (TPSA) is 61.4 Å². The molecule has 2 atom stereocenters. The van der Waals surface area contributed by atoms with E-state index >= 15 is 0 Å². The summed E-state index contributed by atoms with van der Waals surface area (Å²) in [5.41, 5.74) is 1.89. The van der Waals surface area contributed by atoms with E-state index in [1.165, 1.54) is 25.7 Å². The Balaban J connectivity index is 1.38. The molecule has 0 radical (unpaired) electrons. The van der Waals surface area contributed by atoms with E-state index in [4.69, 9.17) is 0 Å². The fourth-order valence-corrected chi connectivity index (χ4v) is 4.25. The Morgan fingerprint density at radius 2 is 2.04 bits per heavy atom. The molecule has 27 heavy (non-hydrogen) atoms. The zero-order valence-corrected chi connectivity index (χ0v) is 15.8. The quantitative estimate of drug-likeness (QED) is 0.903. The molecule has 2 aromatic rings. The Kier molecular flexibility index (Phi) is 5.34. The summed E-state index contributed by atoms with van der Waals surface area (Å²) < 4.78 is 0. The first-order valence-electron chi connectivity index (χ1n) is 9.82. The van der Waals surface area contributed by atoms with Crippen LogP contribution in [0.1, 0.15) is 31.4 Å². The van der Waals surface area contributed by atoms with Gasteiger partial charge in [-0.25, -0.2) is 4.98 Å². The van der Waals surface area contributed by atoms with E-state index in [0.29, 0.717) is 17.9 Å². The molecule has 142 valence electrons. The third kappa shape index (κ3) is 4.27. The van der Waals surface area contributed by atoms with Crippen LogP contribution in [-0.4, -0.2) is 53.0 Å². The predicted octanol–water partition coefficient (Wildman–Crippen LogP) is 2.72. The number of likely N-dealkylation sites (N-methyl/N-ethyl adjacent to an activating group) is 1. The van der Waals surface area contributed by atoms with E-state index in [0.717, 1.165) is 24.5 Å². The van der Waals surface area contributed by atoms with Gasteiger partial charge in [0.05, 0.1) is 18.3 Å². The van der Waals surface area contributed by atoms with Crippen LogP contribution in [0.15, 0.2) is 42.7 Å². The molecule has 0 aromatic carbocycles. The number of aromatic nitrogens is 2. The molecule has 4 rings (SSSR count). The van der Waals surface area contributed by atoms with Crippen molar-refractivity contribution < 1.29 is 4.79 Å². The van der Waals surface area contributed by atoms with Gasteiger partial charge in [-0.15, -0.1) is 0 Å². The number of nitrogens with zero attached hydrogens (tertiary/aromatic N) is 4. The van der Waals surface area contributed by atoms with Crippen LogP contribution in [0.2, 0.25) is 0 Å². The van der Waals surface area contributed by atoms with Gasteiger partial charge in [-0.05, 0) is 50.6 Å². The lowest BCUT2D eigenvalue weighted by molar-refractivity contribution is -0.115. The third-order valence-electron chi connectivity index (χ3n) is 5.84. The van der Waals surface area contributed by atoms with Crippen LogP contribution in [-0.2, 0) is 11.2 Å². The van der Waals surface area contributed by atoms with Crippen molar-refractivity contribution in [2.24, 2.45) is 0 Å². The molecular formula is C21H27N5O. The SMILES string of the molecule is CN1C2CCCC1CN(c1ccc(NC(=O)Cc3ccccn3)nc1)CC2. The molecule has 4 heterocycles. The van der Waals surface area contributed by atoms with Gasteiger partial charge < -0.3 is 10.2 Å². The highest BCUT2D eigenvalue weighted by Gasteiger charge is 2.32. The van der Waals surface area contributed by atoms with Gasteiger partial charge in [0.25, 0.3) is 0 Å². The molecule has 2 aliphatic rings. The van der Waals surface area contributed by atoms with Crippen LogP contribution in [0.5, 0.6) is 0 Å². The van der Waals surface area contributed by atoms with Crippen molar-refractivity contribution in [1.82, 2.24) is 14.9 Å². The van der Waals surface area contributed by atoms with Crippen molar-refractivity contribution in [2.75, 3.05) is 30.4 Å². The van der Waals surface area contributed by atoms with E-state index in [2.05, 4.69) is 38.2 Å². The van der Waals surface area contributed by atoms with Crippen molar-refractivity contribution in [3.05, 3.63) is 48.4 Å². The second-order valence-electron chi connectivity index (χ2n) is 7.59. The Hall–Kier alpha value is -2.47. The van der Waals surface area contributed by atoms with Gasteiger partial charge >= 0.3 is 0 Å². The monoisotopic (exact) mass is 365 g/mol. The maximum atomic E-state index is 12.2. The molecular weight excluding hydrogens is 338 g/mol. The van der Waals surface area contributed by atoms with Crippen LogP contribution in [0, 0.1) is 0 Å². The van der Waals surface area contributed by atoms with Gasteiger partial charge in [0.2, 0.25) is 5.91 Å². The van der Waals surface area contributed by atoms with Crippen LogP contribution in [0.25, 0.3) is 0 Å². The summed E-state index contributed by atoms with van der Waals surface area (Å²) in [6.07, 6.45) is 8.97. The summed E-state index contributed by atoms with van der Waals surface area (Å²) in [7, 11) is 2.27. The Labute approximate surface area is 160 Å². The molecule has 6 nitrogen and oxygen atoms in total. The number of rotatable bonds is 4. The zero-order chi connectivity index (χ0) is 18.6. The number of carbonyl (C=O) groups is 1. The number of nitrogens with one attached hydrogen (secondary N) is 1. The van der Waals surface area contributed by atoms with Gasteiger partial charge in [0.1, 0.15) is 5.82 Å². The lowest BCUT2D eigenvalue weighted by Gasteiger charge is -2.37. The summed E-state index contributed by atoms with van der Waals surface area (Å²) in [6, 6.07) is 10.9. The first-order valence-corrected chi connectivity index (χ1v) is 9.82. The standard InChI is InChI=1S/C21H27N5O/c1-25-17-6-4-7-19(25)15-26(12-10-17)18-8-9-20(23-14-18)24-21(27)13-16-5-2-3-11-22-16/h2-3,5,8-9,11,14,17,19H,4,6-7,10,12-13,15H2,1H3,(H,23,24,27). The maximum Gasteiger partial charge on any atom is 0.231 e. The van der Waals surface area contributed by atoms with Crippen LogP contribution in [0.3, 0.4) is 0 Å². The minimum absolute atomic E-state index is 0.0980. The van der Waals surface area contributed by atoms with E-state index in [1.54, 1.807) is 6.20 Å². The number of amides is 1. The maximum absolute atomic E-state index is 12.2. The average Bonchev–Trinajstić information content (AvgIpc) is 2.77. The molecule has 0 spiro atoms. The molecule has 2 fully saturated rings. The molecule has 2 bridgehead atoms. The highest BCUT2D eigenvalue weighted by Crippen LogP contribution is 2.29. The van der Waals surface area contributed by atoms with Crippen LogP contribution >= 0.6 is 0 Å². The normalized spacial score (nSPS) is 22.9. The molecule has 0 aliphatic carbocycles. The molecule has 0 saturated carbocycles. The lowest BCUT2D eigenvalue weighted by Crippen LogP contribution is -2.45. The van der Waals surface area contributed by atoms with Crippen LogP contribution < -0.4 is 10.2 Å². The Morgan fingerprint density at radius 1 is 1.15 bits per heavy atom. The van der Waals surface area contributed by atoms with Crippen molar-refractivity contribution in [3.63, 3.8) is 0 Å². The number of hydrogen-bond acceptors (Lipinski definition) is 5. The minimum atomic E-state index is -0.0980. The first-order chi connectivity index (χ1) is 13.2. The van der Waals surface area contributed by atoms with Gasteiger partial charge in [0, 0.05) is 37.1 Å². The summed E-state index contributed by atoms with van der Waals surface area (Å²) in [5.74, 6) is 0.490. The van der Waals surface area contributed by atoms with Gasteiger partial charge in [-0.3, -0.25) is 14.7 Å². The predicted molar refractivity (Wildman–Crippen MR) is 107 cm³/mol. The number of hydrogen-bond donors (Lipinski definition) is 1. The summed E-state index contributed by atoms with van der Waals surface area (Å²) in [5, 5.41) is 2.86. The fourth-order valence-electron chi connectivity index (χ4n) is 4.25. The summed E-state index contributed by atoms with van der Waals surface area (Å²) in [6.45, 7) is 2.12. The molecule has 2 unspecified atom stereocenters. The second-order valence-corrected chi connectivity index (χ2v) is 7.59. The number of anilines is 2. The second kappa shape index (κ2) is 8.05. The average molecular weight is 365 g/mol. The molecule has 1 amide bonds. The van der Waals surface area contributed by atoms with Crippen molar-refractivity contribution in [3.8, 4) is 0 Å². The summed E-state index contributed by atoms with van der Waals surface area (Å²) in [4.78, 5) is 25.8. The third-order valence-corrected chi connectivity index (χ3v) is 5.84. The largest absolute Gasteiger partial charge is 0.369 e. The highest BCUT2D eigenvalue weighted by molar-refractivity contribution is 5.91. The Morgan fingerprint density at radius 3 is 2.81 bits per heavy atom. The first kappa shape index (κ1) is 17.9. The van der Waals surface area contributed by atoms with Gasteiger partial charge in [-0.2, -0.15) is 0 Å². The van der Waals surface area contributed by atoms with Gasteiger partial charge in [0.15, 0.2) is 0 Å². The molecule has 6 heteroatoms. The molecule has 2 saturated heterocycles. The van der Waals surface area contributed by atoms with Crippen molar-refractivity contribution in [1.29, 1.82) is 0 Å². The van der Waals surface area contributed by atoms with E-state index in [1.807, 2.05) is 30.5 Å². The highest BCUT2D eigenvalue weighted by atomic mass is 16.1.